The van der Waals surface area contributed by atoms with E-state index in [0.717, 1.165) is 39.0 Å². The number of hydrogen-bond acceptors (Lipinski definition) is 3. The number of carbonyl (C=O) groups is 1. The molecule has 0 aliphatic carbocycles. The SMILES string of the molecule is Cc1cc(C)c(C)c(OCC(=O)NCCSCc2ccccc2Cl)c1. The summed E-state index contributed by atoms with van der Waals surface area (Å²) in [6.07, 6.45) is 0. The number of rotatable bonds is 8. The maximum Gasteiger partial charge on any atom is 0.257 e. The Morgan fingerprint density at radius 3 is 2.72 bits per heavy atom. The molecule has 134 valence electrons. The van der Waals surface area contributed by atoms with Crippen molar-refractivity contribution in [3.63, 3.8) is 0 Å². The number of ether oxygens (including phenoxy) is 1. The molecule has 2 rings (SSSR count). The van der Waals surface area contributed by atoms with Gasteiger partial charge in [-0.1, -0.05) is 35.9 Å². The van der Waals surface area contributed by atoms with Crippen molar-refractivity contribution in [3.05, 3.63) is 63.7 Å². The van der Waals surface area contributed by atoms with Gasteiger partial charge in [0, 0.05) is 23.1 Å². The number of nitrogens with one attached hydrogen (secondary N) is 1. The Labute approximate surface area is 159 Å². The van der Waals surface area contributed by atoms with E-state index in [2.05, 4.69) is 11.4 Å². The average Bonchev–Trinajstić information content (AvgIpc) is 2.58. The quantitative estimate of drug-likeness (QED) is 0.678. The van der Waals surface area contributed by atoms with Gasteiger partial charge in [-0.05, 0) is 55.2 Å². The van der Waals surface area contributed by atoms with Crippen LogP contribution in [0.3, 0.4) is 0 Å². The third-order valence-corrected chi connectivity index (χ3v) is 5.28. The van der Waals surface area contributed by atoms with Crippen LogP contribution in [0.1, 0.15) is 22.3 Å². The highest BCUT2D eigenvalue weighted by Gasteiger charge is 2.07. The first-order chi connectivity index (χ1) is 12.0. The predicted octanol–water partition coefficient (Wildman–Crippen LogP) is 4.69. The van der Waals surface area contributed by atoms with Crippen LogP contribution in [0.5, 0.6) is 5.75 Å². The monoisotopic (exact) mass is 377 g/mol. The molecule has 5 heteroatoms. The number of carbonyl (C=O) groups excluding carboxylic acids is 1. The van der Waals surface area contributed by atoms with E-state index in [4.69, 9.17) is 16.3 Å². The van der Waals surface area contributed by atoms with Crippen LogP contribution in [-0.4, -0.2) is 24.8 Å². The van der Waals surface area contributed by atoms with Gasteiger partial charge in [0.15, 0.2) is 6.61 Å². The molecule has 0 radical (unpaired) electrons. The van der Waals surface area contributed by atoms with Gasteiger partial charge in [-0.3, -0.25) is 4.79 Å². The van der Waals surface area contributed by atoms with Crippen LogP contribution in [0.4, 0.5) is 0 Å². The fourth-order valence-corrected chi connectivity index (χ4v) is 3.55. The van der Waals surface area contributed by atoms with Gasteiger partial charge >= 0.3 is 0 Å². The van der Waals surface area contributed by atoms with Gasteiger partial charge in [-0.25, -0.2) is 0 Å². The Morgan fingerprint density at radius 2 is 1.96 bits per heavy atom. The van der Waals surface area contributed by atoms with Crippen molar-refractivity contribution in [3.8, 4) is 5.75 Å². The lowest BCUT2D eigenvalue weighted by Crippen LogP contribution is -2.30. The van der Waals surface area contributed by atoms with Crippen molar-refractivity contribution >= 4 is 29.3 Å². The summed E-state index contributed by atoms with van der Waals surface area (Å²) < 4.78 is 5.67. The fourth-order valence-electron chi connectivity index (χ4n) is 2.41. The highest BCUT2D eigenvalue weighted by Crippen LogP contribution is 2.23. The zero-order valence-electron chi connectivity index (χ0n) is 14.9. The van der Waals surface area contributed by atoms with E-state index in [1.165, 1.54) is 5.56 Å². The molecule has 2 aromatic rings. The fraction of sp³-hybridized carbons (Fsp3) is 0.350. The van der Waals surface area contributed by atoms with Crippen LogP contribution in [0.25, 0.3) is 0 Å². The summed E-state index contributed by atoms with van der Waals surface area (Å²) >= 11 is 7.87. The summed E-state index contributed by atoms with van der Waals surface area (Å²) in [6.45, 7) is 6.73. The third kappa shape index (κ3) is 6.29. The highest BCUT2D eigenvalue weighted by atomic mass is 35.5. The molecule has 0 atom stereocenters. The molecule has 0 spiro atoms. The van der Waals surface area contributed by atoms with E-state index in [1.54, 1.807) is 11.8 Å². The first-order valence-corrected chi connectivity index (χ1v) is 9.79. The Bertz CT molecular complexity index is 734. The molecule has 0 aliphatic heterocycles. The van der Waals surface area contributed by atoms with E-state index in [9.17, 15) is 4.79 Å². The number of benzene rings is 2. The van der Waals surface area contributed by atoms with Crippen LogP contribution >= 0.6 is 23.4 Å². The molecule has 1 amide bonds. The molecule has 1 N–H and O–H groups in total. The van der Waals surface area contributed by atoms with Gasteiger partial charge in [-0.15, -0.1) is 0 Å². The van der Waals surface area contributed by atoms with Crippen molar-refractivity contribution in [2.75, 3.05) is 18.9 Å². The van der Waals surface area contributed by atoms with Crippen LogP contribution < -0.4 is 10.1 Å². The zero-order chi connectivity index (χ0) is 18.2. The number of aryl methyl sites for hydroxylation is 2. The third-order valence-electron chi connectivity index (χ3n) is 3.91. The first-order valence-electron chi connectivity index (χ1n) is 8.26. The molecule has 0 heterocycles. The normalized spacial score (nSPS) is 10.6. The standard InChI is InChI=1S/C20H24ClNO2S/c1-14-10-15(2)16(3)19(11-14)24-12-20(23)22-8-9-25-13-17-6-4-5-7-18(17)21/h4-7,10-11H,8-9,12-13H2,1-3H3,(H,22,23). The van der Waals surface area contributed by atoms with Crippen LogP contribution in [-0.2, 0) is 10.5 Å². The van der Waals surface area contributed by atoms with Crippen molar-refractivity contribution in [1.29, 1.82) is 0 Å². The summed E-state index contributed by atoms with van der Waals surface area (Å²) in [4.78, 5) is 11.9. The Balaban J connectivity index is 1.67. The highest BCUT2D eigenvalue weighted by molar-refractivity contribution is 7.98. The number of thioether (sulfide) groups is 1. The number of amides is 1. The summed E-state index contributed by atoms with van der Waals surface area (Å²) in [5, 5.41) is 3.67. The van der Waals surface area contributed by atoms with E-state index < -0.39 is 0 Å². The second-order valence-corrected chi connectivity index (χ2v) is 7.50. The van der Waals surface area contributed by atoms with Crippen molar-refractivity contribution in [1.82, 2.24) is 5.32 Å². The van der Waals surface area contributed by atoms with Gasteiger partial charge in [0.05, 0.1) is 0 Å². The maximum absolute atomic E-state index is 11.9. The molecule has 0 aromatic heterocycles. The molecule has 0 unspecified atom stereocenters. The van der Waals surface area contributed by atoms with Gasteiger partial charge in [0.25, 0.3) is 5.91 Å². The number of hydrogen-bond donors (Lipinski definition) is 1. The Morgan fingerprint density at radius 1 is 1.20 bits per heavy atom. The molecule has 25 heavy (non-hydrogen) atoms. The molecule has 0 saturated heterocycles. The second-order valence-electron chi connectivity index (χ2n) is 5.99. The molecule has 2 aromatic carbocycles. The molecular formula is C20H24ClNO2S. The zero-order valence-corrected chi connectivity index (χ0v) is 16.5. The van der Waals surface area contributed by atoms with E-state index >= 15 is 0 Å². The molecular weight excluding hydrogens is 354 g/mol. The lowest BCUT2D eigenvalue weighted by molar-refractivity contribution is -0.122. The minimum absolute atomic E-state index is 0.0406. The maximum atomic E-state index is 11.9. The van der Waals surface area contributed by atoms with Gasteiger partial charge in [0.2, 0.25) is 0 Å². The first kappa shape index (κ1) is 19.7. The van der Waals surface area contributed by atoms with Crippen molar-refractivity contribution in [2.24, 2.45) is 0 Å². The Kier molecular flexibility index (Phi) is 7.66. The summed E-state index contributed by atoms with van der Waals surface area (Å²) in [7, 11) is 0. The van der Waals surface area contributed by atoms with Gasteiger partial charge < -0.3 is 10.1 Å². The molecule has 0 aliphatic rings. The van der Waals surface area contributed by atoms with Crippen LogP contribution in [0, 0.1) is 20.8 Å². The van der Waals surface area contributed by atoms with Crippen LogP contribution in [0.15, 0.2) is 36.4 Å². The predicted molar refractivity (Wildman–Crippen MR) is 107 cm³/mol. The summed E-state index contributed by atoms with van der Waals surface area (Å²) in [6, 6.07) is 11.9. The van der Waals surface area contributed by atoms with Gasteiger partial charge in [-0.2, -0.15) is 11.8 Å². The van der Waals surface area contributed by atoms with Gasteiger partial charge in [0.1, 0.15) is 5.75 Å². The Hall–Kier alpha value is -1.65. The van der Waals surface area contributed by atoms with E-state index in [0.29, 0.717) is 6.54 Å². The summed E-state index contributed by atoms with van der Waals surface area (Å²) in [5.41, 5.74) is 4.50. The van der Waals surface area contributed by atoms with E-state index in [-0.39, 0.29) is 12.5 Å². The lowest BCUT2D eigenvalue weighted by Gasteiger charge is -2.12. The van der Waals surface area contributed by atoms with Crippen molar-refractivity contribution in [2.45, 2.75) is 26.5 Å². The molecule has 0 bridgehead atoms. The minimum atomic E-state index is -0.100. The lowest BCUT2D eigenvalue weighted by atomic mass is 10.1. The molecule has 3 nitrogen and oxygen atoms in total. The second kappa shape index (κ2) is 9.73. The largest absolute Gasteiger partial charge is 0.483 e. The topological polar surface area (TPSA) is 38.3 Å². The number of halogens is 1. The average molecular weight is 378 g/mol. The van der Waals surface area contributed by atoms with Crippen molar-refractivity contribution < 1.29 is 9.53 Å². The summed E-state index contributed by atoms with van der Waals surface area (Å²) in [5.74, 6) is 2.35. The molecule has 0 fully saturated rings. The van der Waals surface area contributed by atoms with E-state index in [1.807, 2.05) is 51.1 Å². The smallest absolute Gasteiger partial charge is 0.257 e. The minimum Gasteiger partial charge on any atom is -0.483 e. The van der Waals surface area contributed by atoms with Crippen LogP contribution in [0.2, 0.25) is 5.02 Å². The molecule has 0 saturated carbocycles.